The highest BCUT2D eigenvalue weighted by atomic mass is 35.5. The molecule has 2 aromatic carbocycles. The number of hydrogen-bond acceptors (Lipinski definition) is 3. The van der Waals surface area contributed by atoms with Crippen molar-refractivity contribution in [3.8, 4) is 5.75 Å². The largest absolute Gasteiger partial charge is 0.497 e. The lowest BCUT2D eigenvalue weighted by molar-refractivity contribution is -0.136. The number of halogens is 1. The summed E-state index contributed by atoms with van der Waals surface area (Å²) in [6.45, 7) is 1.75. The number of aliphatic carboxylic acids is 1. The monoisotopic (exact) mass is 375 g/mol. The first kappa shape index (κ1) is 19.5. The minimum Gasteiger partial charge on any atom is -0.497 e. The fourth-order valence-corrected chi connectivity index (χ4v) is 3.07. The van der Waals surface area contributed by atoms with E-state index >= 15 is 0 Å². The molecule has 0 radical (unpaired) electrons. The van der Waals surface area contributed by atoms with Crippen LogP contribution in [0.2, 0.25) is 5.02 Å². The summed E-state index contributed by atoms with van der Waals surface area (Å²) in [6, 6.07) is 11.9. The van der Waals surface area contributed by atoms with Crippen molar-refractivity contribution in [1.82, 2.24) is 4.57 Å². The predicted octanol–water partition coefficient (Wildman–Crippen LogP) is 3.10. The minimum absolute atomic E-state index is 0. The number of aromatic nitrogens is 1. The van der Waals surface area contributed by atoms with Crippen LogP contribution < -0.4 is 4.74 Å². The van der Waals surface area contributed by atoms with Crippen LogP contribution >= 0.6 is 11.6 Å². The summed E-state index contributed by atoms with van der Waals surface area (Å²) < 4.78 is 6.77. The van der Waals surface area contributed by atoms with Crippen molar-refractivity contribution in [2.75, 3.05) is 7.11 Å². The molecule has 1 heterocycles. The normalized spacial score (nSPS) is 10.4. The first-order valence-electron chi connectivity index (χ1n) is 7.62. The van der Waals surface area contributed by atoms with Crippen molar-refractivity contribution in [1.29, 1.82) is 0 Å². The van der Waals surface area contributed by atoms with Crippen LogP contribution in [0.15, 0.2) is 42.5 Å². The van der Waals surface area contributed by atoms with Crippen molar-refractivity contribution in [2.45, 2.75) is 13.3 Å². The summed E-state index contributed by atoms with van der Waals surface area (Å²) in [7, 11) is 1.54. The topological polar surface area (TPSA) is 100 Å². The van der Waals surface area contributed by atoms with E-state index in [0.717, 1.165) is 0 Å². The van der Waals surface area contributed by atoms with Crippen LogP contribution in [0.1, 0.15) is 21.6 Å². The standard InChI is InChI=1S/C19H16ClNO4.H2O/c1-11-15(10-18(22)23)16-9-14(25-2)7-8-17(16)21(11)19(24)12-3-5-13(20)6-4-12;/h3-9H,10H2,1-2H3,(H,22,23);1H2. The molecule has 0 atom stereocenters. The van der Waals surface area contributed by atoms with Gasteiger partial charge in [0.25, 0.3) is 5.91 Å². The zero-order chi connectivity index (χ0) is 18.1. The molecule has 0 aliphatic heterocycles. The molecule has 0 unspecified atom stereocenters. The number of rotatable bonds is 4. The Morgan fingerprint density at radius 3 is 2.38 bits per heavy atom. The number of carboxylic acids is 1. The summed E-state index contributed by atoms with van der Waals surface area (Å²) in [5.74, 6) is -0.583. The maximum atomic E-state index is 13.0. The van der Waals surface area contributed by atoms with E-state index in [1.54, 1.807) is 56.5 Å². The number of benzene rings is 2. The van der Waals surface area contributed by atoms with E-state index in [1.807, 2.05) is 0 Å². The van der Waals surface area contributed by atoms with Gasteiger partial charge in [0.05, 0.1) is 19.0 Å². The average molecular weight is 376 g/mol. The highest BCUT2D eigenvalue weighted by molar-refractivity contribution is 6.30. The van der Waals surface area contributed by atoms with E-state index in [1.165, 1.54) is 4.57 Å². The Kier molecular flexibility index (Phi) is 5.69. The molecule has 0 aliphatic carbocycles. The highest BCUT2D eigenvalue weighted by Gasteiger charge is 2.21. The molecule has 0 spiro atoms. The number of carbonyl (C=O) groups excluding carboxylic acids is 1. The first-order valence-corrected chi connectivity index (χ1v) is 8.00. The fourth-order valence-electron chi connectivity index (χ4n) is 2.95. The molecule has 7 heteroatoms. The molecule has 136 valence electrons. The van der Waals surface area contributed by atoms with Crippen LogP contribution in [-0.2, 0) is 11.2 Å². The molecule has 6 nitrogen and oxygen atoms in total. The van der Waals surface area contributed by atoms with Crippen LogP contribution in [0.3, 0.4) is 0 Å². The van der Waals surface area contributed by atoms with Gasteiger partial charge in [-0.05, 0) is 55.0 Å². The Bertz CT molecular complexity index is 976. The van der Waals surface area contributed by atoms with E-state index in [4.69, 9.17) is 16.3 Å². The smallest absolute Gasteiger partial charge is 0.307 e. The van der Waals surface area contributed by atoms with Crippen LogP contribution in [0.4, 0.5) is 0 Å². The van der Waals surface area contributed by atoms with Gasteiger partial charge in [-0.1, -0.05) is 11.6 Å². The van der Waals surface area contributed by atoms with Gasteiger partial charge < -0.3 is 15.3 Å². The number of hydrogen-bond donors (Lipinski definition) is 1. The molecule has 0 fully saturated rings. The van der Waals surface area contributed by atoms with Crippen molar-refractivity contribution in [3.63, 3.8) is 0 Å². The van der Waals surface area contributed by atoms with E-state index in [2.05, 4.69) is 0 Å². The summed E-state index contributed by atoms with van der Waals surface area (Å²) in [4.78, 5) is 24.3. The maximum absolute atomic E-state index is 13.0. The van der Waals surface area contributed by atoms with Crippen molar-refractivity contribution in [2.24, 2.45) is 0 Å². The van der Waals surface area contributed by atoms with E-state index in [9.17, 15) is 14.7 Å². The van der Waals surface area contributed by atoms with Gasteiger partial charge in [0.15, 0.2) is 0 Å². The van der Waals surface area contributed by atoms with Crippen LogP contribution in [0, 0.1) is 6.92 Å². The first-order chi connectivity index (χ1) is 11.9. The predicted molar refractivity (Wildman–Crippen MR) is 99.4 cm³/mol. The zero-order valence-corrected chi connectivity index (χ0v) is 15.0. The lowest BCUT2D eigenvalue weighted by Gasteiger charge is -2.08. The number of methoxy groups -OCH3 is 1. The lowest BCUT2D eigenvalue weighted by atomic mass is 10.1. The third-order valence-electron chi connectivity index (χ3n) is 4.16. The second-order valence-electron chi connectivity index (χ2n) is 5.67. The Morgan fingerprint density at radius 1 is 1.15 bits per heavy atom. The molecule has 1 aromatic heterocycles. The molecular weight excluding hydrogens is 358 g/mol. The van der Waals surface area contributed by atoms with Gasteiger partial charge in [-0.25, -0.2) is 0 Å². The molecule has 0 saturated heterocycles. The second kappa shape index (κ2) is 7.59. The van der Waals surface area contributed by atoms with Crippen LogP contribution in [-0.4, -0.2) is 34.1 Å². The molecule has 3 rings (SSSR count). The Balaban J connectivity index is 0.00000243. The van der Waals surface area contributed by atoms with E-state index in [-0.39, 0.29) is 17.8 Å². The van der Waals surface area contributed by atoms with Crippen molar-refractivity contribution >= 4 is 34.4 Å². The summed E-state index contributed by atoms with van der Waals surface area (Å²) in [5.41, 5.74) is 2.32. The molecule has 0 aliphatic rings. The van der Waals surface area contributed by atoms with E-state index < -0.39 is 5.97 Å². The maximum Gasteiger partial charge on any atom is 0.307 e. The molecule has 26 heavy (non-hydrogen) atoms. The molecule has 3 aromatic rings. The van der Waals surface area contributed by atoms with Gasteiger partial charge in [-0.2, -0.15) is 0 Å². The molecule has 3 N–H and O–H groups in total. The van der Waals surface area contributed by atoms with Gasteiger partial charge in [-0.15, -0.1) is 0 Å². The Labute approximate surface area is 154 Å². The number of carboxylic acid groups (broad SMARTS) is 1. The Hall–Kier alpha value is -2.83. The lowest BCUT2D eigenvalue weighted by Crippen LogP contribution is -2.14. The highest BCUT2D eigenvalue weighted by Crippen LogP contribution is 2.30. The average Bonchev–Trinajstić information content (AvgIpc) is 2.86. The minimum atomic E-state index is -0.955. The third-order valence-corrected chi connectivity index (χ3v) is 4.42. The van der Waals surface area contributed by atoms with Gasteiger partial charge in [0.2, 0.25) is 0 Å². The summed E-state index contributed by atoms with van der Waals surface area (Å²) >= 11 is 5.89. The molecular formula is C19H18ClNO5. The van der Waals surface area contributed by atoms with Gasteiger partial charge in [-0.3, -0.25) is 14.2 Å². The quantitative estimate of drug-likeness (QED) is 0.757. The number of carbonyl (C=O) groups is 2. The molecule has 0 amide bonds. The third kappa shape index (κ3) is 3.42. The van der Waals surface area contributed by atoms with Crippen molar-refractivity contribution < 1.29 is 24.9 Å². The number of nitrogens with zero attached hydrogens (tertiary/aromatic N) is 1. The number of ether oxygens (including phenoxy) is 1. The van der Waals surface area contributed by atoms with Gasteiger partial charge in [0.1, 0.15) is 5.75 Å². The zero-order valence-electron chi connectivity index (χ0n) is 14.2. The van der Waals surface area contributed by atoms with Crippen LogP contribution in [0.25, 0.3) is 10.9 Å². The van der Waals surface area contributed by atoms with Crippen molar-refractivity contribution in [3.05, 3.63) is 64.3 Å². The fraction of sp³-hybridized carbons (Fsp3) is 0.158. The summed E-state index contributed by atoms with van der Waals surface area (Å²) in [5, 5.41) is 10.5. The molecule has 0 bridgehead atoms. The van der Waals surface area contributed by atoms with Gasteiger partial charge in [0, 0.05) is 21.7 Å². The van der Waals surface area contributed by atoms with Gasteiger partial charge >= 0.3 is 5.97 Å². The van der Waals surface area contributed by atoms with Crippen LogP contribution in [0.5, 0.6) is 5.75 Å². The molecule has 0 saturated carbocycles. The SMILES string of the molecule is COc1ccc2c(c1)c(CC(=O)O)c(C)n2C(=O)c1ccc(Cl)cc1.O. The number of fused-ring (bicyclic) bond motifs is 1. The van der Waals surface area contributed by atoms with E-state index in [0.29, 0.717) is 38.5 Å². The summed E-state index contributed by atoms with van der Waals surface area (Å²) in [6.07, 6.45) is -0.170. The second-order valence-corrected chi connectivity index (χ2v) is 6.10. The Morgan fingerprint density at radius 2 is 1.81 bits per heavy atom.